The Morgan fingerprint density at radius 2 is 2.00 bits per heavy atom. The lowest BCUT2D eigenvalue weighted by Crippen LogP contribution is -2.42. The summed E-state index contributed by atoms with van der Waals surface area (Å²) in [5.41, 5.74) is 2.03. The number of anilines is 2. The van der Waals surface area contributed by atoms with E-state index in [1.54, 1.807) is 18.2 Å². The molecule has 0 saturated heterocycles. The number of rotatable bonds is 2. The van der Waals surface area contributed by atoms with E-state index in [9.17, 15) is 9.59 Å². The Kier molecular flexibility index (Phi) is 3.97. The highest BCUT2D eigenvalue weighted by Gasteiger charge is 2.27. The second-order valence-corrected chi connectivity index (χ2v) is 6.23. The van der Waals surface area contributed by atoms with Crippen LogP contribution in [-0.2, 0) is 16.0 Å². The van der Waals surface area contributed by atoms with Crippen LogP contribution in [0.1, 0.15) is 5.56 Å². The largest absolute Gasteiger partial charge is 0.486 e. The lowest BCUT2D eigenvalue weighted by molar-refractivity contribution is -0.121. The van der Waals surface area contributed by atoms with Gasteiger partial charge in [-0.25, -0.2) is 0 Å². The number of ether oxygens (including phenoxy) is 2. The van der Waals surface area contributed by atoms with Crippen LogP contribution in [0.4, 0.5) is 11.4 Å². The molecule has 0 saturated carbocycles. The molecule has 6 nitrogen and oxygen atoms in total. The van der Waals surface area contributed by atoms with Gasteiger partial charge in [0.05, 0.1) is 22.8 Å². The monoisotopic (exact) mass is 358 g/mol. The van der Waals surface area contributed by atoms with Gasteiger partial charge in [0.15, 0.2) is 11.5 Å². The van der Waals surface area contributed by atoms with Crippen molar-refractivity contribution < 1.29 is 19.1 Å². The summed E-state index contributed by atoms with van der Waals surface area (Å²) in [6, 6.07) is 10.7. The summed E-state index contributed by atoms with van der Waals surface area (Å²) in [4.78, 5) is 26.1. The number of carbonyl (C=O) groups excluding carboxylic acids is 2. The van der Waals surface area contributed by atoms with Crippen molar-refractivity contribution in [3.63, 3.8) is 0 Å². The molecule has 2 aliphatic heterocycles. The Hall–Kier alpha value is -2.73. The van der Waals surface area contributed by atoms with Crippen molar-refractivity contribution >= 4 is 34.8 Å². The molecule has 2 heterocycles. The molecule has 4 rings (SSSR count). The van der Waals surface area contributed by atoms with E-state index in [1.165, 1.54) is 4.90 Å². The van der Waals surface area contributed by atoms with Gasteiger partial charge in [-0.05, 0) is 29.8 Å². The minimum atomic E-state index is -0.216. The predicted octanol–water partition coefficient (Wildman–Crippen LogP) is 2.64. The number of carbonyl (C=O) groups is 2. The second-order valence-electron chi connectivity index (χ2n) is 5.82. The first-order chi connectivity index (χ1) is 12.1. The fraction of sp³-hybridized carbons (Fsp3) is 0.222. The Balaban J connectivity index is 1.61. The molecular formula is C18H15ClN2O4. The normalized spacial score (nSPS) is 15.4. The van der Waals surface area contributed by atoms with E-state index < -0.39 is 0 Å². The summed E-state index contributed by atoms with van der Waals surface area (Å²) in [5.74, 6) is 0.646. The Morgan fingerprint density at radius 1 is 1.20 bits per heavy atom. The Labute approximate surface area is 149 Å². The number of nitrogens with one attached hydrogen (secondary N) is 1. The number of amides is 2. The summed E-state index contributed by atoms with van der Waals surface area (Å²) < 4.78 is 11.0. The van der Waals surface area contributed by atoms with Crippen LogP contribution < -0.4 is 19.7 Å². The highest BCUT2D eigenvalue weighted by Crippen LogP contribution is 2.38. The Bertz CT molecular complexity index is 868. The van der Waals surface area contributed by atoms with Gasteiger partial charge in [0.2, 0.25) is 11.8 Å². The second kappa shape index (κ2) is 6.29. The van der Waals surface area contributed by atoms with E-state index in [2.05, 4.69) is 5.32 Å². The van der Waals surface area contributed by atoms with Crippen LogP contribution in [0.2, 0.25) is 5.02 Å². The third kappa shape index (κ3) is 3.00. The Morgan fingerprint density at radius 3 is 2.88 bits per heavy atom. The van der Waals surface area contributed by atoms with Crippen molar-refractivity contribution in [3.05, 3.63) is 47.0 Å². The average Bonchev–Trinajstić information content (AvgIpc) is 2.61. The minimum Gasteiger partial charge on any atom is -0.486 e. The van der Waals surface area contributed by atoms with E-state index in [4.69, 9.17) is 21.1 Å². The lowest BCUT2D eigenvalue weighted by atomic mass is 10.1. The molecule has 1 N–H and O–H groups in total. The minimum absolute atomic E-state index is 0.00582. The molecule has 0 bridgehead atoms. The highest BCUT2D eigenvalue weighted by molar-refractivity contribution is 6.32. The molecule has 0 aromatic heterocycles. The molecule has 0 spiro atoms. The molecular weight excluding hydrogens is 344 g/mol. The van der Waals surface area contributed by atoms with Crippen LogP contribution in [0.5, 0.6) is 11.5 Å². The van der Waals surface area contributed by atoms with Gasteiger partial charge >= 0.3 is 0 Å². The third-order valence-electron chi connectivity index (χ3n) is 4.08. The quantitative estimate of drug-likeness (QED) is 0.896. The van der Waals surface area contributed by atoms with Gasteiger partial charge in [-0.3, -0.25) is 9.59 Å². The van der Waals surface area contributed by atoms with Crippen molar-refractivity contribution in [3.8, 4) is 11.5 Å². The van der Waals surface area contributed by atoms with Gasteiger partial charge in [0.25, 0.3) is 0 Å². The molecule has 2 amide bonds. The zero-order valence-electron chi connectivity index (χ0n) is 13.3. The molecule has 0 radical (unpaired) electrons. The summed E-state index contributed by atoms with van der Waals surface area (Å²) >= 11 is 6.23. The number of hydrogen-bond acceptors (Lipinski definition) is 4. The van der Waals surface area contributed by atoms with Crippen LogP contribution >= 0.6 is 11.6 Å². The standard InChI is InChI=1S/C18H15ClN2O4/c19-12-7-11(8-15-18(12)25-6-5-24-15)9-17(23)21-10-16(22)20-13-3-1-2-4-14(13)21/h1-4,7-8H,5-6,9-10H2,(H,20,22). The van der Waals surface area contributed by atoms with Crippen molar-refractivity contribution in [2.45, 2.75) is 6.42 Å². The van der Waals surface area contributed by atoms with Gasteiger partial charge in [0, 0.05) is 0 Å². The SMILES string of the molecule is O=C1CN(C(=O)Cc2cc(Cl)c3c(c2)OCCO3)c2ccccc2N1. The molecule has 128 valence electrons. The van der Waals surface area contributed by atoms with Gasteiger partial charge in [-0.2, -0.15) is 0 Å². The molecule has 2 aliphatic rings. The average molecular weight is 359 g/mol. The first-order valence-electron chi connectivity index (χ1n) is 7.89. The molecule has 0 atom stereocenters. The first kappa shape index (κ1) is 15.8. The van der Waals surface area contributed by atoms with E-state index in [1.807, 2.05) is 18.2 Å². The maximum Gasteiger partial charge on any atom is 0.244 e. The van der Waals surface area contributed by atoms with Gasteiger partial charge < -0.3 is 19.7 Å². The van der Waals surface area contributed by atoms with Crippen LogP contribution in [0.15, 0.2) is 36.4 Å². The van der Waals surface area contributed by atoms with E-state index in [0.717, 1.165) is 0 Å². The van der Waals surface area contributed by atoms with Crippen molar-refractivity contribution in [2.24, 2.45) is 0 Å². The van der Waals surface area contributed by atoms with Gasteiger partial charge in [0.1, 0.15) is 19.8 Å². The predicted molar refractivity (Wildman–Crippen MR) is 93.6 cm³/mol. The van der Waals surface area contributed by atoms with Crippen LogP contribution in [0.25, 0.3) is 0 Å². The number of hydrogen-bond donors (Lipinski definition) is 1. The number of benzene rings is 2. The van der Waals surface area contributed by atoms with E-state index in [0.29, 0.717) is 46.7 Å². The molecule has 25 heavy (non-hydrogen) atoms. The van der Waals surface area contributed by atoms with Gasteiger partial charge in [-0.1, -0.05) is 23.7 Å². The van der Waals surface area contributed by atoms with Crippen LogP contribution in [-0.4, -0.2) is 31.6 Å². The number of fused-ring (bicyclic) bond motifs is 2. The van der Waals surface area contributed by atoms with Crippen LogP contribution in [0.3, 0.4) is 0 Å². The van der Waals surface area contributed by atoms with Crippen molar-refractivity contribution in [2.75, 3.05) is 30.0 Å². The maximum absolute atomic E-state index is 12.8. The zero-order chi connectivity index (χ0) is 17.4. The van der Waals surface area contributed by atoms with Gasteiger partial charge in [-0.15, -0.1) is 0 Å². The molecule has 2 aromatic rings. The van der Waals surface area contributed by atoms with E-state index >= 15 is 0 Å². The summed E-state index contributed by atoms with van der Waals surface area (Å²) in [5, 5.41) is 3.18. The lowest BCUT2D eigenvalue weighted by Gasteiger charge is -2.29. The fourth-order valence-electron chi connectivity index (χ4n) is 2.99. The van der Waals surface area contributed by atoms with Crippen molar-refractivity contribution in [1.29, 1.82) is 0 Å². The topological polar surface area (TPSA) is 67.9 Å². The molecule has 0 fully saturated rings. The highest BCUT2D eigenvalue weighted by atomic mass is 35.5. The fourth-order valence-corrected chi connectivity index (χ4v) is 3.28. The number of halogens is 1. The number of para-hydroxylation sites is 2. The van der Waals surface area contributed by atoms with E-state index in [-0.39, 0.29) is 24.8 Å². The first-order valence-corrected chi connectivity index (χ1v) is 8.27. The summed E-state index contributed by atoms with van der Waals surface area (Å²) in [6.07, 6.45) is 0.109. The molecule has 0 unspecified atom stereocenters. The summed E-state index contributed by atoms with van der Waals surface area (Å²) in [7, 11) is 0. The molecule has 2 aromatic carbocycles. The van der Waals surface area contributed by atoms with Crippen LogP contribution in [0, 0.1) is 0 Å². The maximum atomic E-state index is 12.8. The number of nitrogens with zero attached hydrogens (tertiary/aromatic N) is 1. The third-order valence-corrected chi connectivity index (χ3v) is 4.36. The smallest absolute Gasteiger partial charge is 0.244 e. The summed E-state index contributed by atoms with van der Waals surface area (Å²) in [6.45, 7) is 0.888. The molecule has 0 aliphatic carbocycles. The molecule has 7 heteroatoms. The van der Waals surface area contributed by atoms with Crippen molar-refractivity contribution in [1.82, 2.24) is 0 Å². The zero-order valence-corrected chi connectivity index (χ0v) is 14.0.